The van der Waals surface area contributed by atoms with Crippen LogP contribution in [0.15, 0.2) is 24.3 Å². The summed E-state index contributed by atoms with van der Waals surface area (Å²) in [5, 5.41) is 0. The lowest BCUT2D eigenvalue weighted by atomic mass is 9.98. The van der Waals surface area contributed by atoms with Gasteiger partial charge in [-0.15, -0.1) is 0 Å². The van der Waals surface area contributed by atoms with Crippen molar-refractivity contribution in [3.8, 4) is 11.5 Å². The lowest BCUT2D eigenvalue weighted by Crippen LogP contribution is -2.42. The zero-order valence-corrected chi connectivity index (χ0v) is 12.6. The number of hydrogen-bond acceptors (Lipinski definition) is 4. The summed E-state index contributed by atoms with van der Waals surface area (Å²) in [6.07, 6.45) is 1.92. The van der Waals surface area contributed by atoms with Gasteiger partial charge in [0.05, 0.1) is 12.5 Å². The van der Waals surface area contributed by atoms with E-state index in [1.807, 2.05) is 31.2 Å². The first-order valence-corrected chi connectivity index (χ1v) is 7.57. The smallest absolute Gasteiger partial charge is 0.221 e. The van der Waals surface area contributed by atoms with E-state index in [0.717, 1.165) is 44.0 Å². The van der Waals surface area contributed by atoms with Crippen molar-refractivity contribution in [1.82, 2.24) is 4.90 Å². The van der Waals surface area contributed by atoms with E-state index in [-0.39, 0.29) is 11.8 Å². The van der Waals surface area contributed by atoms with Gasteiger partial charge in [0.25, 0.3) is 0 Å². The molecule has 0 spiro atoms. The molecule has 2 rings (SSSR count). The largest absolute Gasteiger partial charge is 0.490 e. The van der Waals surface area contributed by atoms with Crippen LogP contribution in [0.1, 0.15) is 19.8 Å². The molecule has 1 amide bonds. The molecule has 5 heteroatoms. The zero-order chi connectivity index (χ0) is 15.1. The number of carbonyl (C=O) groups excluding carboxylic acids is 1. The van der Waals surface area contributed by atoms with Crippen LogP contribution < -0.4 is 15.2 Å². The van der Waals surface area contributed by atoms with E-state index in [4.69, 9.17) is 15.2 Å². The summed E-state index contributed by atoms with van der Waals surface area (Å²) >= 11 is 0. The van der Waals surface area contributed by atoms with E-state index >= 15 is 0 Å². The molecule has 1 saturated heterocycles. The van der Waals surface area contributed by atoms with Gasteiger partial charge in [-0.1, -0.05) is 12.1 Å². The summed E-state index contributed by atoms with van der Waals surface area (Å²) in [6.45, 7) is 5.69. The average Bonchev–Trinajstić information content (AvgIpc) is 2.49. The van der Waals surface area contributed by atoms with Gasteiger partial charge in [-0.2, -0.15) is 0 Å². The lowest BCUT2D eigenvalue weighted by molar-refractivity contribution is -0.123. The van der Waals surface area contributed by atoms with Crippen LogP contribution in [0.2, 0.25) is 0 Å². The minimum absolute atomic E-state index is 0.0190. The molecule has 1 heterocycles. The Balaban J connectivity index is 1.80. The van der Waals surface area contributed by atoms with E-state index in [0.29, 0.717) is 13.2 Å². The number of rotatable bonds is 7. The first-order valence-electron chi connectivity index (χ1n) is 7.57. The molecule has 2 N–H and O–H groups in total. The Kier molecular flexibility index (Phi) is 5.87. The average molecular weight is 292 g/mol. The fourth-order valence-electron chi connectivity index (χ4n) is 2.62. The van der Waals surface area contributed by atoms with Gasteiger partial charge in [0.1, 0.15) is 6.61 Å². The number of likely N-dealkylation sites (tertiary alicyclic amines) is 1. The molecule has 1 fully saturated rings. The maximum atomic E-state index is 11.3. The Hall–Kier alpha value is -1.75. The van der Waals surface area contributed by atoms with Gasteiger partial charge < -0.3 is 15.2 Å². The lowest BCUT2D eigenvalue weighted by Gasteiger charge is -2.30. The van der Waals surface area contributed by atoms with Gasteiger partial charge in [0.2, 0.25) is 5.91 Å². The van der Waals surface area contributed by atoms with Gasteiger partial charge in [-0.25, -0.2) is 0 Å². The first-order chi connectivity index (χ1) is 10.2. The summed E-state index contributed by atoms with van der Waals surface area (Å²) in [5.74, 6) is 1.33. The van der Waals surface area contributed by atoms with Crippen molar-refractivity contribution in [2.24, 2.45) is 11.7 Å². The predicted molar refractivity (Wildman–Crippen MR) is 81.5 cm³/mol. The molecule has 0 unspecified atom stereocenters. The fraction of sp³-hybridized carbons (Fsp3) is 0.562. The molecular weight excluding hydrogens is 268 g/mol. The molecule has 1 atom stereocenters. The van der Waals surface area contributed by atoms with Crippen molar-refractivity contribution < 1.29 is 14.3 Å². The molecular formula is C16H24N2O3. The number of hydrogen-bond donors (Lipinski definition) is 1. The number of carbonyl (C=O) groups is 1. The number of ether oxygens (including phenoxy) is 2. The van der Waals surface area contributed by atoms with Crippen LogP contribution in [-0.2, 0) is 4.79 Å². The Bertz CT molecular complexity index is 465. The second-order valence-electron chi connectivity index (χ2n) is 5.27. The van der Waals surface area contributed by atoms with E-state index in [9.17, 15) is 4.79 Å². The molecule has 1 aliphatic heterocycles. The van der Waals surface area contributed by atoms with Crippen LogP contribution in [0.3, 0.4) is 0 Å². The van der Waals surface area contributed by atoms with Gasteiger partial charge in [0, 0.05) is 13.1 Å². The van der Waals surface area contributed by atoms with Crippen LogP contribution in [0.25, 0.3) is 0 Å². The molecule has 0 aliphatic carbocycles. The Morgan fingerprint density at radius 2 is 2.05 bits per heavy atom. The highest BCUT2D eigenvalue weighted by Crippen LogP contribution is 2.26. The Morgan fingerprint density at radius 3 is 2.71 bits per heavy atom. The number of primary amides is 1. The second-order valence-corrected chi connectivity index (χ2v) is 5.27. The molecule has 116 valence electrons. The van der Waals surface area contributed by atoms with Gasteiger partial charge >= 0.3 is 0 Å². The quantitative estimate of drug-likeness (QED) is 0.830. The molecule has 1 aromatic rings. The van der Waals surface area contributed by atoms with E-state index < -0.39 is 0 Å². The maximum Gasteiger partial charge on any atom is 0.221 e. The minimum Gasteiger partial charge on any atom is -0.490 e. The summed E-state index contributed by atoms with van der Waals surface area (Å²) in [5.41, 5.74) is 5.39. The van der Waals surface area contributed by atoms with Crippen molar-refractivity contribution in [2.45, 2.75) is 19.8 Å². The third-order valence-corrected chi connectivity index (χ3v) is 3.72. The minimum atomic E-state index is -0.192. The topological polar surface area (TPSA) is 64.8 Å². The highest BCUT2D eigenvalue weighted by atomic mass is 16.5. The van der Waals surface area contributed by atoms with Crippen LogP contribution in [0.4, 0.5) is 0 Å². The van der Waals surface area contributed by atoms with Crippen molar-refractivity contribution in [3.63, 3.8) is 0 Å². The third kappa shape index (κ3) is 4.63. The number of nitrogens with two attached hydrogens (primary N) is 1. The van der Waals surface area contributed by atoms with Crippen molar-refractivity contribution >= 4 is 5.91 Å². The Morgan fingerprint density at radius 1 is 1.33 bits per heavy atom. The number of nitrogens with zero attached hydrogens (tertiary/aromatic N) is 1. The summed E-state index contributed by atoms with van der Waals surface area (Å²) in [4.78, 5) is 13.5. The third-order valence-electron chi connectivity index (χ3n) is 3.72. The molecule has 0 bridgehead atoms. The van der Waals surface area contributed by atoms with Gasteiger partial charge in [0.15, 0.2) is 11.5 Å². The molecule has 0 saturated carbocycles. The van der Waals surface area contributed by atoms with Crippen LogP contribution in [-0.4, -0.2) is 43.7 Å². The molecule has 0 radical (unpaired) electrons. The van der Waals surface area contributed by atoms with E-state index in [1.54, 1.807) is 0 Å². The fourth-order valence-corrected chi connectivity index (χ4v) is 2.62. The highest BCUT2D eigenvalue weighted by molar-refractivity contribution is 5.76. The normalized spacial score (nSPS) is 19.2. The van der Waals surface area contributed by atoms with Gasteiger partial charge in [-0.05, 0) is 38.4 Å². The first kappa shape index (κ1) is 15.6. The van der Waals surface area contributed by atoms with Gasteiger partial charge in [-0.3, -0.25) is 9.69 Å². The van der Waals surface area contributed by atoms with Crippen molar-refractivity contribution in [1.29, 1.82) is 0 Å². The van der Waals surface area contributed by atoms with Crippen LogP contribution >= 0.6 is 0 Å². The summed E-state index contributed by atoms with van der Waals surface area (Å²) in [7, 11) is 0. The summed E-state index contributed by atoms with van der Waals surface area (Å²) in [6, 6.07) is 7.68. The molecule has 1 aromatic carbocycles. The summed E-state index contributed by atoms with van der Waals surface area (Å²) < 4.78 is 11.3. The SMILES string of the molecule is CCOc1ccccc1OCCN1CCC[C@@H](C(N)=O)C1. The number of benzene rings is 1. The van der Waals surface area contributed by atoms with E-state index in [1.165, 1.54) is 0 Å². The molecule has 0 aromatic heterocycles. The van der Waals surface area contributed by atoms with Crippen molar-refractivity contribution in [3.05, 3.63) is 24.3 Å². The van der Waals surface area contributed by atoms with Crippen LogP contribution in [0, 0.1) is 5.92 Å². The number of amides is 1. The predicted octanol–water partition coefficient (Wildman–Crippen LogP) is 1.66. The Labute approximate surface area is 126 Å². The zero-order valence-electron chi connectivity index (χ0n) is 12.6. The number of para-hydroxylation sites is 2. The molecule has 5 nitrogen and oxygen atoms in total. The molecule has 1 aliphatic rings. The van der Waals surface area contributed by atoms with Crippen LogP contribution in [0.5, 0.6) is 11.5 Å². The standard InChI is InChI=1S/C16H24N2O3/c1-2-20-14-7-3-4-8-15(14)21-11-10-18-9-5-6-13(12-18)16(17)19/h3-4,7-8,13H,2,5-6,9-12H2,1H3,(H2,17,19)/t13-/m1/s1. The molecule has 21 heavy (non-hydrogen) atoms. The van der Waals surface area contributed by atoms with E-state index in [2.05, 4.69) is 4.90 Å². The highest BCUT2D eigenvalue weighted by Gasteiger charge is 2.23. The maximum absolute atomic E-state index is 11.3. The second kappa shape index (κ2) is 7.88. The monoisotopic (exact) mass is 292 g/mol. The van der Waals surface area contributed by atoms with Crippen molar-refractivity contribution in [2.75, 3.05) is 32.8 Å². The number of piperidine rings is 1.